The Morgan fingerprint density at radius 2 is 1.42 bits per heavy atom. The van der Waals surface area contributed by atoms with Crippen molar-refractivity contribution in [1.29, 1.82) is 0 Å². The number of halogens is 3. The predicted octanol–water partition coefficient (Wildman–Crippen LogP) is -6.51. The maximum atomic E-state index is 3.26. The van der Waals surface area contributed by atoms with Crippen molar-refractivity contribution < 1.29 is 55.8 Å². The van der Waals surface area contributed by atoms with Crippen LogP contribution in [0.5, 0.6) is 0 Å². The van der Waals surface area contributed by atoms with Crippen LogP contribution in [0.1, 0.15) is 27.2 Å². The SMILES string of the molecule is CC1=[C-]CC(C)=C1C.[Cl-].[Cl-].[Cl-].[V+4]. The summed E-state index contributed by atoms with van der Waals surface area (Å²) in [6.45, 7) is 6.44. The maximum Gasteiger partial charge on any atom is 4.00 e. The van der Waals surface area contributed by atoms with Gasteiger partial charge in [0, 0.05) is 0 Å². The molecule has 0 saturated heterocycles. The fourth-order valence-electron chi connectivity index (χ4n) is 0.850. The summed E-state index contributed by atoms with van der Waals surface area (Å²) in [5, 5.41) is 0. The molecule has 69 valence electrons. The summed E-state index contributed by atoms with van der Waals surface area (Å²) in [7, 11) is 0. The summed E-state index contributed by atoms with van der Waals surface area (Å²) < 4.78 is 0. The first kappa shape index (κ1) is 23.1. The smallest absolute Gasteiger partial charge is 1.00 e. The van der Waals surface area contributed by atoms with Gasteiger partial charge in [-0.3, -0.25) is 6.08 Å². The van der Waals surface area contributed by atoms with Gasteiger partial charge in [-0.15, -0.1) is 13.3 Å². The summed E-state index contributed by atoms with van der Waals surface area (Å²) >= 11 is 0. The summed E-state index contributed by atoms with van der Waals surface area (Å²) in [6.07, 6.45) is 4.31. The molecular weight excluding hydrogens is 253 g/mol. The van der Waals surface area contributed by atoms with Crippen molar-refractivity contribution in [2.24, 2.45) is 0 Å². The average Bonchev–Trinajstić information content (AvgIpc) is 1.98. The Labute approximate surface area is 105 Å². The zero-order valence-electron chi connectivity index (χ0n) is 7.29. The van der Waals surface area contributed by atoms with E-state index in [4.69, 9.17) is 0 Å². The fourth-order valence-corrected chi connectivity index (χ4v) is 0.850. The molecule has 1 rings (SSSR count). The molecule has 12 heavy (non-hydrogen) atoms. The zero-order chi connectivity index (χ0) is 6.15. The van der Waals surface area contributed by atoms with Crippen LogP contribution in [0.3, 0.4) is 0 Å². The standard InChI is InChI=1S/C8H11.3ClH.V/c1-6-4-5-7(2)8(6)3;;;;/h4H2,1-3H3;3*1H;/q-1;;;;+4/p-3. The van der Waals surface area contributed by atoms with E-state index in [9.17, 15) is 0 Å². The third-order valence-electron chi connectivity index (χ3n) is 1.82. The van der Waals surface area contributed by atoms with Gasteiger partial charge in [-0.1, -0.05) is 13.8 Å². The number of hydrogen-bond donors (Lipinski definition) is 0. The normalized spacial score (nSPS) is 13.1. The van der Waals surface area contributed by atoms with Gasteiger partial charge in [0.2, 0.25) is 0 Å². The fraction of sp³-hybridized carbons (Fsp3) is 0.500. The second-order valence-corrected chi connectivity index (χ2v) is 2.38. The quantitative estimate of drug-likeness (QED) is 0.382. The maximum absolute atomic E-state index is 3.26. The van der Waals surface area contributed by atoms with Gasteiger partial charge in [0.25, 0.3) is 0 Å². The van der Waals surface area contributed by atoms with Crippen LogP contribution >= 0.6 is 0 Å². The van der Waals surface area contributed by atoms with E-state index in [0.29, 0.717) is 0 Å². The monoisotopic (exact) mass is 263 g/mol. The first-order valence-electron chi connectivity index (χ1n) is 2.96. The van der Waals surface area contributed by atoms with E-state index in [1.54, 1.807) is 0 Å². The van der Waals surface area contributed by atoms with Crippen molar-refractivity contribution in [3.05, 3.63) is 22.8 Å². The molecule has 0 aromatic rings. The molecule has 0 N–H and O–H groups in total. The Hall–Kier alpha value is 0.934. The first-order chi connectivity index (χ1) is 3.72. The van der Waals surface area contributed by atoms with E-state index in [0.717, 1.165) is 6.42 Å². The predicted molar refractivity (Wildman–Crippen MR) is 35.4 cm³/mol. The van der Waals surface area contributed by atoms with E-state index >= 15 is 0 Å². The Morgan fingerprint density at radius 3 is 1.50 bits per heavy atom. The van der Waals surface area contributed by atoms with Crippen molar-refractivity contribution in [2.45, 2.75) is 27.2 Å². The first-order valence-corrected chi connectivity index (χ1v) is 2.96. The molecule has 1 aliphatic carbocycles. The minimum Gasteiger partial charge on any atom is -1.00 e. The molecule has 0 nitrogen and oxygen atoms in total. The molecule has 0 fully saturated rings. The summed E-state index contributed by atoms with van der Waals surface area (Å²) in [5.41, 5.74) is 4.25. The molecule has 0 spiro atoms. The van der Waals surface area contributed by atoms with E-state index in [1.165, 1.54) is 16.7 Å². The van der Waals surface area contributed by atoms with Crippen LogP contribution in [0.4, 0.5) is 0 Å². The van der Waals surface area contributed by atoms with E-state index in [1.807, 2.05) is 0 Å². The molecule has 4 heteroatoms. The number of hydrogen-bond acceptors (Lipinski definition) is 0. The second kappa shape index (κ2) is 10.0. The Morgan fingerprint density at radius 1 is 1.00 bits per heavy atom. The molecule has 1 aliphatic rings. The molecular formula is C8H11Cl3V. The van der Waals surface area contributed by atoms with Crippen molar-refractivity contribution in [1.82, 2.24) is 0 Å². The zero-order valence-corrected chi connectivity index (χ0v) is 11.0. The average molecular weight is 264 g/mol. The van der Waals surface area contributed by atoms with Crippen molar-refractivity contribution in [3.63, 3.8) is 0 Å². The van der Waals surface area contributed by atoms with Crippen LogP contribution in [0.2, 0.25) is 0 Å². The van der Waals surface area contributed by atoms with Gasteiger partial charge in [0.1, 0.15) is 0 Å². The van der Waals surface area contributed by atoms with Gasteiger partial charge >= 0.3 is 18.6 Å². The van der Waals surface area contributed by atoms with Gasteiger partial charge in [0.15, 0.2) is 0 Å². The minimum atomic E-state index is 0. The van der Waals surface area contributed by atoms with Gasteiger partial charge in [-0.25, -0.2) is 5.57 Å². The van der Waals surface area contributed by atoms with Crippen LogP contribution < -0.4 is 37.2 Å². The Bertz CT molecular complexity index is 168. The molecule has 0 bridgehead atoms. The van der Waals surface area contributed by atoms with E-state index in [2.05, 4.69) is 26.8 Å². The Kier molecular flexibility index (Phi) is 19.3. The van der Waals surface area contributed by atoms with Crippen LogP contribution in [0.25, 0.3) is 0 Å². The van der Waals surface area contributed by atoms with Crippen molar-refractivity contribution >= 4 is 0 Å². The largest absolute Gasteiger partial charge is 4.00 e. The minimum absolute atomic E-state index is 0. The third kappa shape index (κ3) is 5.56. The van der Waals surface area contributed by atoms with Crippen molar-refractivity contribution in [2.75, 3.05) is 0 Å². The van der Waals surface area contributed by atoms with Crippen molar-refractivity contribution in [3.8, 4) is 0 Å². The number of allylic oxidation sites excluding steroid dienone is 4. The Balaban J connectivity index is -0.0000000800. The van der Waals surface area contributed by atoms with Crippen LogP contribution in [-0.4, -0.2) is 0 Å². The molecule has 1 radical (unpaired) electrons. The summed E-state index contributed by atoms with van der Waals surface area (Å²) in [4.78, 5) is 0. The summed E-state index contributed by atoms with van der Waals surface area (Å²) in [6, 6.07) is 0. The molecule has 0 aromatic carbocycles. The van der Waals surface area contributed by atoms with Gasteiger partial charge in [0.05, 0.1) is 0 Å². The molecule has 0 atom stereocenters. The van der Waals surface area contributed by atoms with E-state index in [-0.39, 0.29) is 55.8 Å². The molecule has 0 saturated carbocycles. The second-order valence-electron chi connectivity index (χ2n) is 2.38. The van der Waals surface area contributed by atoms with E-state index < -0.39 is 0 Å². The molecule has 0 heterocycles. The third-order valence-corrected chi connectivity index (χ3v) is 1.82. The summed E-state index contributed by atoms with van der Waals surface area (Å²) in [5.74, 6) is 0. The van der Waals surface area contributed by atoms with Crippen LogP contribution in [0.15, 0.2) is 16.7 Å². The molecule has 0 amide bonds. The molecule has 0 aliphatic heterocycles. The van der Waals surface area contributed by atoms with Gasteiger partial charge < -0.3 is 37.2 Å². The van der Waals surface area contributed by atoms with Crippen LogP contribution in [0, 0.1) is 6.08 Å². The van der Waals surface area contributed by atoms with Gasteiger partial charge in [-0.2, -0.15) is 11.1 Å². The van der Waals surface area contributed by atoms with Gasteiger partial charge in [-0.05, 0) is 0 Å². The van der Waals surface area contributed by atoms with Crippen LogP contribution in [-0.2, 0) is 18.6 Å². The topological polar surface area (TPSA) is 0 Å². The number of rotatable bonds is 0. The molecule has 0 unspecified atom stereocenters. The molecule has 0 aromatic heterocycles.